The SMILES string of the molecule is Cc1ccc(C#N)c(N2CCC(Nc3cc(N(C)C)ncn3)C2)c1. The van der Waals surface area contributed by atoms with E-state index >= 15 is 0 Å². The van der Waals surface area contributed by atoms with E-state index in [9.17, 15) is 5.26 Å². The van der Waals surface area contributed by atoms with Crippen LogP contribution in [0.2, 0.25) is 0 Å². The van der Waals surface area contributed by atoms with Crippen molar-refractivity contribution in [2.45, 2.75) is 19.4 Å². The van der Waals surface area contributed by atoms with Gasteiger partial charge in [0.25, 0.3) is 0 Å². The first-order chi connectivity index (χ1) is 11.6. The van der Waals surface area contributed by atoms with Crippen molar-refractivity contribution in [3.63, 3.8) is 0 Å². The van der Waals surface area contributed by atoms with Gasteiger partial charge in [-0.15, -0.1) is 0 Å². The molecule has 6 heteroatoms. The largest absolute Gasteiger partial charge is 0.368 e. The van der Waals surface area contributed by atoms with Gasteiger partial charge >= 0.3 is 0 Å². The van der Waals surface area contributed by atoms with Crippen molar-refractivity contribution >= 4 is 17.3 Å². The number of nitrogens with one attached hydrogen (secondary N) is 1. The molecular weight excluding hydrogens is 300 g/mol. The van der Waals surface area contributed by atoms with E-state index in [1.165, 1.54) is 5.56 Å². The van der Waals surface area contributed by atoms with E-state index < -0.39 is 0 Å². The zero-order valence-corrected chi connectivity index (χ0v) is 14.3. The predicted octanol–water partition coefficient (Wildman–Crippen LogP) is 2.41. The van der Waals surface area contributed by atoms with E-state index in [0.717, 1.165) is 42.4 Å². The number of aryl methyl sites for hydroxylation is 1. The summed E-state index contributed by atoms with van der Waals surface area (Å²) in [4.78, 5) is 12.8. The zero-order chi connectivity index (χ0) is 17.1. The standard InChI is InChI=1S/C18H22N6/c1-13-4-5-14(10-19)16(8-13)24-7-6-15(11-24)22-17-9-18(23(2)3)21-12-20-17/h4-5,8-9,12,15H,6-7,11H2,1-3H3,(H,20,21,22). The van der Waals surface area contributed by atoms with Crippen LogP contribution < -0.4 is 15.1 Å². The second-order valence-electron chi connectivity index (χ2n) is 6.36. The minimum Gasteiger partial charge on any atom is -0.368 e. The maximum atomic E-state index is 9.34. The third-order valence-electron chi connectivity index (χ3n) is 4.27. The Morgan fingerprint density at radius 2 is 2.12 bits per heavy atom. The lowest BCUT2D eigenvalue weighted by atomic mass is 10.1. The molecule has 0 bridgehead atoms. The molecule has 1 aliphatic heterocycles. The number of rotatable bonds is 4. The highest BCUT2D eigenvalue weighted by Gasteiger charge is 2.24. The summed E-state index contributed by atoms with van der Waals surface area (Å²) in [5.41, 5.74) is 2.93. The van der Waals surface area contributed by atoms with Crippen molar-refractivity contribution in [1.82, 2.24) is 9.97 Å². The number of hydrogen-bond acceptors (Lipinski definition) is 6. The Labute approximate surface area is 142 Å². The minimum absolute atomic E-state index is 0.307. The van der Waals surface area contributed by atoms with E-state index in [1.807, 2.05) is 37.2 Å². The Morgan fingerprint density at radius 3 is 2.88 bits per heavy atom. The Morgan fingerprint density at radius 1 is 1.29 bits per heavy atom. The average Bonchev–Trinajstić information content (AvgIpc) is 3.03. The zero-order valence-electron chi connectivity index (χ0n) is 14.3. The Hall–Kier alpha value is -2.81. The topological polar surface area (TPSA) is 68.1 Å². The summed E-state index contributed by atoms with van der Waals surface area (Å²) in [6, 6.07) is 10.5. The van der Waals surface area contributed by atoms with E-state index in [4.69, 9.17) is 0 Å². The molecule has 2 aromatic rings. The second kappa shape index (κ2) is 6.75. The molecule has 0 amide bonds. The smallest absolute Gasteiger partial charge is 0.133 e. The molecule has 24 heavy (non-hydrogen) atoms. The highest BCUT2D eigenvalue weighted by Crippen LogP contribution is 2.26. The molecule has 3 rings (SSSR count). The first-order valence-electron chi connectivity index (χ1n) is 8.08. The van der Waals surface area contributed by atoms with Crippen molar-refractivity contribution in [3.8, 4) is 6.07 Å². The summed E-state index contributed by atoms with van der Waals surface area (Å²) < 4.78 is 0. The molecule has 0 spiro atoms. The van der Waals surface area contributed by atoms with Crippen molar-refractivity contribution in [2.24, 2.45) is 0 Å². The summed E-state index contributed by atoms with van der Waals surface area (Å²) in [7, 11) is 3.93. The molecule has 1 N–H and O–H groups in total. The molecule has 124 valence electrons. The van der Waals surface area contributed by atoms with Crippen LogP contribution in [-0.2, 0) is 0 Å². The average molecular weight is 322 g/mol. The van der Waals surface area contributed by atoms with Gasteiger partial charge in [0, 0.05) is 39.3 Å². The Balaban J connectivity index is 1.71. The second-order valence-corrected chi connectivity index (χ2v) is 6.36. The molecule has 0 radical (unpaired) electrons. The van der Waals surface area contributed by atoms with Crippen LogP contribution in [0.15, 0.2) is 30.6 Å². The van der Waals surface area contributed by atoms with Gasteiger partial charge in [0.15, 0.2) is 0 Å². The monoisotopic (exact) mass is 322 g/mol. The lowest BCUT2D eigenvalue weighted by Gasteiger charge is -2.21. The molecule has 0 aliphatic carbocycles. The van der Waals surface area contributed by atoms with Gasteiger partial charge in [-0.25, -0.2) is 9.97 Å². The van der Waals surface area contributed by atoms with Crippen LogP contribution in [-0.4, -0.2) is 43.2 Å². The van der Waals surface area contributed by atoms with Crippen LogP contribution in [0.3, 0.4) is 0 Å². The van der Waals surface area contributed by atoms with Gasteiger partial charge in [-0.1, -0.05) is 6.07 Å². The molecule has 1 aromatic carbocycles. The molecule has 0 saturated carbocycles. The van der Waals surface area contributed by atoms with Crippen LogP contribution >= 0.6 is 0 Å². The Kier molecular flexibility index (Phi) is 4.52. The van der Waals surface area contributed by atoms with Crippen LogP contribution in [0.25, 0.3) is 0 Å². The maximum absolute atomic E-state index is 9.34. The molecule has 1 aliphatic rings. The van der Waals surface area contributed by atoms with Crippen LogP contribution in [0.4, 0.5) is 17.3 Å². The molecule has 1 unspecified atom stereocenters. The molecule has 2 heterocycles. The van der Waals surface area contributed by atoms with Gasteiger partial charge in [-0.2, -0.15) is 5.26 Å². The van der Waals surface area contributed by atoms with Crippen LogP contribution in [0, 0.1) is 18.3 Å². The highest BCUT2D eigenvalue weighted by molar-refractivity contribution is 5.61. The van der Waals surface area contributed by atoms with E-state index in [-0.39, 0.29) is 0 Å². The fraction of sp³-hybridized carbons (Fsp3) is 0.389. The van der Waals surface area contributed by atoms with Gasteiger partial charge in [0.05, 0.1) is 11.3 Å². The lowest BCUT2D eigenvalue weighted by molar-refractivity contribution is 0.799. The van der Waals surface area contributed by atoms with Gasteiger partial charge < -0.3 is 15.1 Å². The Bertz CT molecular complexity index is 764. The highest BCUT2D eigenvalue weighted by atomic mass is 15.2. The quantitative estimate of drug-likeness (QED) is 0.932. The van der Waals surface area contributed by atoms with Crippen molar-refractivity contribution in [1.29, 1.82) is 5.26 Å². The van der Waals surface area contributed by atoms with E-state index in [2.05, 4.69) is 39.2 Å². The number of hydrogen-bond donors (Lipinski definition) is 1. The van der Waals surface area contributed by atoms with Crippen molar-refractivity contribution < 1.29 is 0 Å². The maximum Gasteiger partial charge on any atom is 0.133 e. The molecular formula is C18H22N6. The summed E-state index contributed by atoms with van der Waals surface area (Å²) in [6.07, 6.45) is 2.60. The normalized spacial score (nSPS) is 16.8. The van der Waals surface area contributed by atoms with Gasteiger partial charge in [-0.3, -0.25) is 0 Å². The minimum atomic E-state index is 0.307. The number of benzene rings is 1. The van der Waals surface area contributed by atoms with Crippen LogP contribution in [0.1, 0.15) is 17.5 Å². The first-order valence-corrected chi connectivity index (χ1v) is 8.08. The number of anilines is 3. The molecule has 1 fully saturated rings. The van der Waals surface area contributed by atoms with Crippen molar-refractivity contribution in [3.05, 3.63) is 41.7 Å². The number of aromatic nitrogens is 2. The molecule has 1 atom stereocenters. The fourth-order valence-electron chi connectivity index (χ4n) is 2.97. The molecule has 6 nitrogen and oxygen atoms in total. The summed E-state index contributed by atoms with van der Waals surface area (Å²) in [5.74, 6) is 1.72. The van der Waals surface area contributed by atoms with E-state index in [0.29, 0.717) is 6.04 Å². The third-order valence-corrected chi connectivity index (χ3v) is 4.27. The third kappa shape index (κ3) is 3.40. The number of nitrogens with zero attached hydrogens (tertiary/aromatic N) is 5. The number of nitriles is 1. The summed E-state index contributed by atoms with van der Waals surface area (Å²) in [5, 5.41) is 12.8. The van der Waals surface area contributed by atoms with Crippen LogP contribution in [0.5, 0.6) is 0 Å². The summed E-state index contributed by atoms with van der Waals surface area (Å²) in [6.45, 7) is 3.85. The first kappa shape index (κ1) is 16.1. The van der Waals surface area contributed by atoms with Crippen molar-refractivity contribution in [2.75, 3.05) is 42.3 Å². The van der Waals surface area contributed by atoms with Gasteiger partial charge in [0.1, 0.15) is 24.0 Å². The van der Waals surface area contributed by atoms with Gasteiger partial charge in [-0.05, 0) is 31.0 Å². The van der Waals surface area contributed by atoms with Gasteiger partial charge in [0.2, 0.25) is 0 Å². The fourth-order valence-corrected chi connectivity index (χ4v) is 2.97. The molecule has 1 saturated heterocycles. The summed E-state index contributed by atoms with van der Waals surface area (Å²) >= 11 is 0. The lowest BCUT2D eigenvalue weighted by Crippen LogP contribution is -2.27. The molecule has 1 aromatic heterocycles. The van der Waals surface area contributed by atoms with E-state index in [1.54, 1.807) is 6.33 Å². The predicted molar refractivity (Wildman–Crippen MR) is 96.5 cm³/mol.